The molecule has 0 spiro atoms. The highest BCUT2D eigenvalue weighted by Crippen LogP contribution is 2.13. The third-order valence-corrected chi connectivity index (χ3v) is 2.88. The zero-order chi connectivity index (χ0) is 13.9. The number of amides is 1. The number of rotatable bonds is 2. The normalized spacial score (nSPS) is 10.2. The number of hydrogen-bond acceptors (Lipinski definition) is 3. The number of nitriles is 1. The molecule has 2 N–H and O–H groups in total. The summed E-state index contributed by atoms with van der Waals surface area (Å²) in [5.41, 5.74) is 2.73. The van der Waals surface area contributed by atoms with Gasteiger partial charge in [-0.2, -0.15) is 5.26 Å². The minimum absolute atomic E-state index is 0.260. The van der Waals surface area contributed by atoms with E-state index >= 15 is 0 Å². The van der Waals surface area contributed by atoms with Crippen LogP contribution in [-0.2, 0) is 0 Å². The van der Waals surface area contributed by atoms with Crippen molar-refractivity contribution in [1.29, 1.82) is 5.26 Å². The lowest BCUT2D eigenvalue weighted by atomic mass is 10.2. The second-order valence-corrected chi connectivity index (χ2v) is 4.25. The summed E-state index contributed by atoms with van der Waals surface area (Å²) < 4.78 is 0. The first-order valence-corrected chi connectivity index (χ1v) is 6.02. The molecule has 1 heterocycles. The van der Waals surface area contributed by atoms with Crippen LogP contribution in [0.2, 0.25) is 0 Å². The van der Waals surface area contributed by atoms with Gasteiger partial charge >= 0.3 is 0 Å². The van der Waals surface area contributed by atoms with Gasteiger partial charge in [0, 0.05) is 5.69 Å². The van der Waals surface area contributed by atoms with Crippen LogP contribution in [0.3, 0.4) is 0 Å². The number of H-pyrrole nitrogens is 1. The summed E-state index contributed by atoms with van der Waals surface area (Å²) in [4.78, 5) is 19.3. The van der Waals surface area contributed by atoms with Crippen LogP contribution in [0.5, 0.6) is 0 Å². The third kappa shape index (κ3) is 2.22. The predicted molar refractivity (Wildman–Crippen MR) is 75.2 cm³/mol. The summed E-state index contributed by atoms with van der Waals surface area (Å²) in [6, 6.07) is 16.1. The van der Waals surface area contributed by atoms with E-state index in [9.17, 15) is 4.79 Å². The van der Waals surface area contributed by atoms with E-state index in [4.69, 9.17) is 5.26 Å². The third-order valence-electron chi connectivity index (χ3n) is 2.88. The zero-order valence-corrected chi connectivity index (χ0v) is 10.4. The Morgan fingerprint density at radius 1 is 1.15 bits per heavy atom. The summed E-state index contributed by atoms with van der Waals surface area (Å²) in [6.07, 6.45) is 0. The summed E-state index contributed by atoms with van der Waals surface area (Å²) in [5.74, 6) is -0.0542. The topological polar surface area (TPSA) is 81.6 Å². The van der Waals surface area contributed by atoms with E-state index in [-0.39, 0.29) is 11.7 Å². The fraction of sp³-hybridized carbons (Fsp3) is 0. The number of hydrogen-bond donors (Lipinski definition) is 2. The highest BCUT2D eigenvalue weighted by Gasteiger charge is 2.11. The molecule has 0 saturated heterocycles. The maximum atomic E-state index is 12.1. The van der Waals surface area contributed by atoms with Crippen LogP contribution >= 0.6 is 0 Å². The quantitative estimate of drug-likeness (QED) is 0.745. The summed E-state index contributed by atoms with van der Waals surface area (Å²) in [6.45, 7) is 0. The molecule has 0 aliphatic carbocycles. The SMILES string of the molecule is N#Cc1ccc(NC(=O)c2nc3ccccc3[nH]2)cc1. The number of para-hydroxylation sites is 2. The predicted octanol–water partition coefficient (Wildman–Crippen LogP) is 2.69. The average molecular weight is 262 g/mol. The van der Waals surface area contributed by atoms with Gasteiger partial charge in [-0.05, 0) is 36.4 Å². The number of carbonyl (C=O) groups is 1. The van der Waals surface area contributed by atoms with Crippen molar-refractivity contribution >= 4 is 22.6 Å². The molecule has 5 nitrogen and oxygen atoms in total. The van der Waals surface area contributed by atoms with Crippen molar-refractivity contribution in [2.24, 2.45) is 0 Å². The molecule has 0 atom stereocenters. The Bertz CT molecular complexity index is 779. The largest absolute Gasteiger partial charge is 0.334 e. The molecule has 0 unspecified atom stereocenters. The van der Waals surface area contributed by atoms with Crippen molar-refractivity contribution in [1.82, 2.24) is 9.97 Å². The van der Waals surface area contributed by atoms with Crippen LogP contribution in [0.25, 0.3) is 11.0 Å². The Morgan fingerprint density at radius 2 is 1.90 bits per heavy atom. The summed E-state index contributed by atoms with van der Waals surface area (Å²) in [7, 11) is 0. The van der Waals surface area contributed by atoms with Crippen molar-refractivity contribution in [2.75, 3.05) is 5.32 Å². The van der Waals surface area contributed by atoms with Gasteiger partial charge in [0.25, 0.3) is 5.91 Å². The second-order valence-electron chi connectivity index (χ2n) is 4.25. The van der Waals surface area contributed by atoms with Crippen LogP contribution in [0.15, 0.2) is 48.5 Å². The Morgan fingerprint density at radius 3 is 2.60 bits per heavy atom. The van der Waals surface area contributed by atoms with E-state index in [0.29, 0.717) is 11.3 Å². The summed E-state index contributed by atoms with van der Waals surface area (Å²) in [5, 5.41) is 11.4. The van der Waals surface area contributed by atoms with Crippen LogP contribution in [0.4, 0.5) is 5.69 Å². The van der Waals surface area contributed by atoms with Gasteiger partial charge in [0.15, 0.2) is 5.82 Å². The molecule has 5 heteroatoms. The number of imidazole rings is 1. The number of nitrogens with zero attached hydrogens (tertiary/aromatic N) is 2. The first-order chi connectivity index (χ1) is 9.76. The Hall–Kier alpha value is -3.13. The van der Waals surface area contributed by atoms with E-state index < -0.39 is 0 Å². The van der Waals surface area contributed by atoms with Crippen molar-refractivity contribution in [2.45, 2.75) is 0 Å². The van der Waals surface area contributed by atoms with E-state index in [1.165, 1.54) is 0 Å². The Balaban J connectivity index is 1.83. The maximum absolute atomic E-state index is 12.1. The molecule has 0 aliphatic heterocycles. The van der Waals surface area contributed by atoms with Crippen LogP contribution < -0.4 is 5.32 Å². The van der Waals surface area contributed by atoms with E-state index in [1.54, 1.807) is 24.3 Å². The molecule has 0 fully saturated rings. The van der Waals surface area contributed by atoms with Crippen LogP contribution in [0.1, 0.15) is 16.2 Å². The standard InChI is InChI=1S/C15H10N4O/c16-9-10-5-7-11(8-6-10)17-15(20)14-18-12-3-1-2-4-13(12)19-14/h1-8H,(H,17,20)(H,18,19). The second kappa shape index (κ2) is 4.86. The van der Waals surface area contributed by atoms with Crippen LogP contribution in [-0.4, -0.2) is 15.9 Å². The molecule has 2 aromatic carbocycles. The molecule has 3 aromatic rings. The number of aromatic nitrogens is 2. The molecule has 1 amide bonds. The lowest BCUT2D eigenvalue weighted by Gasteiger charge is -2.02. The van der Waals surface area contributed by atoms with Gasteiger partial charge in [0.1, 0.15) is 0 Å². The monoisotopic (exact) mass is 262 g/mol. The number of fused-ring (bicyclic) bond motifs is 1. The number of nitrogens with one attached hydrogen (secondary N) is 2. The van der Waals surface area contributed by atoms with Gasteiger partial charge in [0.05, 0.1) is 22.7 Å². The molecule has 0 radical (unpaired) electrons. The lowest BCUT2D eigenvalue weighted by molar-refractivity contribution is 0.101. The maximum Gasteiger partial charge on any atom is 0.291 e. The van der Waals surface area contributed by atoms with Gasteiger partial charge in [0.2, 0.25) is 0 Å². The molecule has 20 heavy (non-hydrogen) atoms. The van der Waals surface area contributed by atoms with E-state index in [0.717, 1.165) is 11.0 Å². The fourth-order valence-corrected chi connectivity index (χ4v) is 1.88. The van der Waals surface area contributed by atoms with Crippen molar-refractivity contribution < 1.29 is 4.79 Å². The zero-order valence-electron chi connectivity index (χ0n) is 10.4. The fourth-order valence-electron chi connectivity index (χ4n) is 1.88. The number of anilines is 1. The van der Waals surface area contributed by atoms with Crippen molar-refractivity contribution in [3.05, 3.63) is 59.9 Å². The van der Waals surface area contributed by atoms with Gasteiger partial charge in [-0.15, -0.1) is 0 Å². The van der Waals surface area contributed by atoms with Crippen molar-refractivity contribution in [3.63, 3.8) is 0 Å². The molecule has 0 bridgehead atoms. The minimum atomic E-state index is -0.314. The smallest absolute Gasteiger partial charge is 0.291 e. The first kappa shape index (κ1) is 11.9. The summed E-state index contributed by atoms with van der Waals surface area (Å²) >= 11 is 0. The lowest BCUT2D eigenvalue weighted by Crippen LogP contribution is -2.13. The number of carbonyl (C=O) groups excluding carboxylic acids is 1. The average Bonchev–Trinajstić information content (AvgIpc) is 2.92. The number of benzene rings is 2. The molecular weight excluding hydrogens is 252 g/mol. The molecular formula is C15H10N4O. The Kier molecular flexibility index (Phi) is 2.90. The Labute approximate surface area is 114 Å². The number of aromatic amines is 1. The minimum Gasteiger partial charge on any atom is -0.334 e. The highest BCUT2D eigenvalue weighted by atomic mass is 16.2. The highest BCUT2D eigenvalue weighted by molar-refractivity contribution is 6.03. The molecule has 96 valence electrons. The molecule has 1 aromatic heterocycles. The van der Waals surface area contributed by atoms with E-state index in [2.05, 4.69) is 15.3 Å². The van der Waals surface area contributed by atoms with Crippen molar-refractivity contribution in [3.8, 4) is 6.07 Å². The van der Waals surface area contributed by atoms with Gasteiger partial charge in [-0.3, -0.25) is 4.79 Å². The van der Waals surface area contributed by atoms with Gasteiger partial charge in [-0.25, -0.2) is 4.98 Å². The van der Waals surface area contributed by atoms with Crippen LogP contribution in [0, 0.1) is 11.3 Å². The van der Waals surface area contributed by atoms with Gasteiger partial charge in [-0.1, -0.05) is 12.1 Å². The molecule has 0 aliphatic rings. The molecule has 0 saturated carbocycles. The van der Waals surface area contributed by atoms with Gasteiger partial charge < -0.3 is 10.3 Å². The first-order valence-electron chi connectivity index (χ1n) is 6.02. The van der Waals surface area contributed by atoms with E-state index in [1.807, 2.05) is 30.3 Å². The molecule has 3 rings (SSSR count).